The second-order valence-corrected chi connectivity index (χ2v) is 4.99. The van der Waals surface area contributed by atoms with Gasteiger partial charge in [-0.1, -0.05) is 30.3 Å². The van der Waals surface area contributed by atoms with Gasteiger partial charge in [-0.2, -0.15) is 0 Å². The highest BCUT2D eigenvalue weighted by Gasteiger charge is 2.07. The number of ether oxygens (including phenoxy) is 1. The van der Waals surface area contributed by atoms with Gasteiger partial charge in [-0.25, -0.2) is 0 Å². The van der Waals surface area contributed by atoms with Crippen molar-refractivity contribution >= 4 is 10.9 Å². The molecule has 0 aliphatic carbocycles. The maximum absolute atomic E-state index is 5.69. The number of rotatable bonds is 4. The summed E-state index contributed by atoms with van der Waals surface area (Å²) in [6, 6.07) is 16.9. The van der Waals surface area contributed by atoms with Crippen LogP contribution in [0.4, 0.5) is 0 Å². The third-order valence-electron chi connectivity index (χ3n) is 3.68. The molecule has 0 spiro atoms. The molecule has 3 rings (SSSR count). The molecule has 1 aromatic heterocycles. The van der Waals surface area contributed by atoms with Gasteiger partial charge in [-0.05, 0) is 43.2 Å². The minimum atomic E-state index is 0.697. The zero-order valence-electron chi connectivity index (χ0n) is 12.0. The van der Waals surface area contributed by atoms with E-state index in [1.165, 1.54) is 22.0 Å². The van der Waals surface area contributed by atoms with Gasteiger partial charge in [0.25, 0.3) is 0 Å². The average molecular weight is 265 g/mol. The standard InChI is InChI=1S/C18H19NO/c1-3-20-18-10-6-9-17-16(18)11-12-19(17)13-15-8-5-4-7-14(15)2/h4-12H,3,13H2,1-2H3. The van der Waals surface area contributed by atoms with Crippen LogP contribution in [0.25, 0.3) is 10.9 Å². The summed E-state index contributed by atoms with van der Waals surface area (Å²) in [5.41, 5.74) is 3.90. The molecule has 102 valence electrons. The molecule has 0 unspecified atom stereocenters. The summed E-state index contributed by atoms with van der Waals surface area (Å²) in [5.74, 6) is 0.966. The van der Waals surface area contributed by atoms with Crippen LogP contribution in [-0.2, 0) is 6.54 Å². The predicted octanol–water partition coefficient (Wildman–Crippen LogP) is 4.40. The molecule has 0 saturated heterocycles. The molecule has 0 amide bonds. The Labute approximate surface area is 119 Å². The molecule has 2 nitrogen and oxygen atoms in total. The van der Waals surface area contributed by atoms with Crippen LogP contribution in [0.3, 0.4) is 0 Å². The first-order valence-electron chi connectivity index (χ1n) is 7.04. The molecular weight excluding hydrogens is 246 g/mol. The lowest BCUT2D eigenvalue weighted by atomic mass is 10.1. The van der Waals surface area contributed by atoms with Crippen LogP contribution in [0.5, 0.6) is 5.75 Å². The molecular formula is C18H19NO. The van der Waals surface area contributed by atoms with Gasteiger partial charge in [0.05, 0.1) is 12.1 Å². The Morgan fingerprint density at radius 1 is 1.00 bits per heavy atom. The maximum Gasteiger partial charge on any atom is 0.128 e. The lowest BCUT2D eigenvalue weighted by Crippen LogP contribution is -2.00. The molecule has 0 atom stereocenters. The van der Waals surface area contributed by atoms with Crippen molar-refractivity contribution in [1.82, 2.24) is 4.57 Å². The Balaban J connectivity index is 2.01. The molecule has 0 N–H and O–H groups in total. The molecule has 0 bridgehead atoms. The van der Waals surface area contributed by atoms with Crippen LogP contribution in [0, 0.1) is 6.92 Å². The van der Waals surface area contributed by atoms with E-state index in [1.807, 2.05) is 13.0 Å². The van der Waals surface area contributed by atoms with Crippen molar-refractivity contribution in [2.75, 3.05) is 6.61 Å². The number of hydrogen-bond acceptors (Lipinski definition) is 1. The maximum atomic E-state index is 5.69. The Kier molecular flexibility index (Phi) is 3.46. The first-order valence-corrected chi connectivity index (χ1v) is 7.04. The van der Waals surface area contributed by atoms with Crippen molar-refractivity contribution in [2.24, 2.45) is 0 Å². The Hall–Kier alpha value is -2.22. The predicted molar refractivity (Wildman–Crippen MR) is 83.4 cm³/mol. The molecule has 0 fully saturated rings. The summed E-state index contributed by atoms with van der Waals surface area (Å²) in [7, 11) is 0. The fourth-order valence-electron chi connectivity index (χ4n) is 2.59. The minimum absolute atomic E-state index is 0.697. The molecule has 20 heavy (non-hydrogen) atoms. The van der Waals surface area contributed by atoms with Crippen molar-refractivity contribution in [2.45, 2.75) is 20.4 Å². The number of aromatic nitrogens is 1. The van der Waals surface area contributed by atoms with Gasteiger partial charge in [0.15, 0.2) is 0 Å². The van der Waals surface area contributed by atoms with Crippen molar-refractivity contribution in [1.29, 1.82) is 0 Å². The van der Waals surface area contributed by atoms with Crippen LogP contribution in [0.1, 0.15) is 18.1 Å². The van der Waals surface area contributed by atoms with Gasteiger partial charge >= 0.3 is 0 Å². The highest BCUT2D eigenvalue weighted by molar-refractivity contribution is 5.86. The van der Waals surface area contributed by atoms with E-state index >= 15 is 0 Å². The summed E-state index contributed by atoms with van der Waals surface area (Å²) < 4.78 is 7.97. The smallest absolute Gasteiger partial charge is 0.128 e. The fraction of sp³-hybridized carbons (Fsp3) is 0.222. The number of fused-ring (bicyclic) bond motifs is 1. The lowest BCUT2D eigenvalue weighted by molar-refractivity contribution is 0.344. The van der Waals surface area contributed by atoms with E-state index in [0.29, 0.717) is 6.61 Å². The fourth-order valence-corrected chi connectivity index (χ4v) is 2.59. The third kappa shape index (κ3) is 2.29. The Bertz CT molecular complexity index is 727. The molecule has 0 aliphatic heterocycles. The van der Waals surface area contributed by atoms with E-state index in [-0.39, 0.29) is 0 Å². The first-order chi connectivity index (χ1) is 9.79. The summed E-state index contributed by atoms with van der Waals surface area (Å²) in [4.78, 5) is 0. The zero-order chi connectivity index (χ0) is 13.9. The highest BCUT2D eigenvalue weighted by atomic mass is 16.5. The lowest BCUT2D eigenvalue weighted by Gasteiger charge is -2.09. The van der Waals surface area contributed by atoms with Crippen LogP contribution >= 0.6 is 0 Å². The van der Waals surface area contributed by atoms with E-state index < -0.39 is 0 Å². The Morgan fingerprint density at radius 3 is 2.65 bits per heavy atom. The quantitative estimate of drug-likeness (QED) is 0.682. The van der Waals surface area contributed by atoms with Crippen LogP contribution in [-0.4, -0.2) is 11.2 Å². The number of aryl methyl sites for hydroxylation is 1. The van der Waals surface area contributed by atoms with Crippen molar-refractivity contribution < 1.29 is 4.74 Å². The summed E-state index contributed by atoms with van der Waals surface area (Å²) in [6.07, 6.45) is 2.14. The van der Waals surface area contributed by atoms with E-state index in [2.05, 4.69) is 60.2 Å². The topological polar surface area (TPSA) is 14.2 Å². The molecule has 2 aromatic carbocycles. The zero-order valence-corrected chi connectivity index (χ0v) is 12.0. The van der Waals surface area contributed by atoms with Gasteiger partial charge in [-0.3, -0.25) is 0 Å². The van der Waals surface area contributed by atoms with E-state index in [1.54, 1.807) is 0 Å². The van der Waals surface area contributed by atoms with Crippen LogP contribution < -0.4 is 4.74 Å². The van der Waals surface area contributed by atoms with E-state index in [4.69, 9.17) is 4.74 Å². The van der Waals surface area contributed by atoms with Crippen molar-refractivity contribution in [3.63, 3.8) is 0 Å². The molecule has 0 radical (unpaired) electrons. The largest absolute Gasteiger partial charge is 0.493 e. The van der Waals surface area contributed by atoms with E-state index in [9.17, 15) is 0 Å². The van der Waals surface area contributed by atoms with Gasteiger partial charge in [0.2, 0.25) is 0 Å². The van der Waals surface area contributed by atoms with Crippen molar-refractivity contribution in [3.8, 4) is 5.75 Å². The number of hydrogen-bond donors (Lipinski definition) is 0. The summed E-state index contributed by atoms with van der Waals surface area (Å²) >= 11 is 0. The normalized spacial score (nSPS) is 10.9. The molecule has 2 heteroatoms. The average Bonchev–Trinajstić information content (AvgIpc) is 2.86. The minimum Gasteiger partial charge on any atom is -0.493 e. The monoisotopic (exact) mass is 265 g/mol. The van der Waals surface area contributed by atoms with Gasteiger partial charge < -0.3 is 9.30 Å². The van der Waals surface area contributed by atoms with Gasteiger partial charge in [0.1, 0.15) is 5.75 Å². The molecule has 0 aliphatic rings. The Morgan fingerprint density at radius 2 is 1.85 bits per heavy atom. The molecule has 1 heterocycles. The summed E-state index contributed by atoms with van der Waals surface area (Å²) in [6.45, 7) is 5.77. The second kappa shape index (κ2) is 5.41. The second-order valence-electron chi connectivity index (χ2n) is 4.99. The van der Waals surface area contributed by atoms with Crippen molar-refractivity contribution in [3.05, 3.63) is 65.9 Å². The third-order valence-corrected chi connectivity index (χ3v) is 3.68. The number of nitrogens with zero attached hydrogens (tertiary/aromatic N) is 1. The molecule has 3 aromatic rings. The number of benzene rings is 2. The highest BCUT2D eigenvalue weighted by Crippen LogP contribution is 2.27. The van der Waals surface area contributed by atoms with Crippen LogP contribution in [0.15, 0.2) is 54.7 Å². The molecule has 0 saturated carbocycles. The van der Waals surface area contributed by atoms with Crippen LogP contribution in [0.2, 0.25) is 0 Å². The van der Waals surface area contributed by atoms with Gasteiger partial charge in [0, 0.05) is 18.1 Å². The SMILES string of the molecule is CCOc1cccc2c1ccn2Cc1ccccc1C. The van der Waals surface area contributed by atoms with Gasteiger partial charge in [-0.15, -0.1) is 0 Å². The first kappa shape index (κ1) is 12.8. The van der Waals surface area contributed by atoms with E-state index in [0.717, 1.165) is 12.3 Å². The summed E-state index contributed by atoms with van der Waals surface area (Å²) in [5, 5.41) is 1.18.